The number of rotatable bonds is 2. The Labute approximate surface area is 80.7 Å². The summed E-state index contributed by atoms with van der Waals surface area (Å²) in [6, 6.07) is 3.76. The van der Waals surface area contributed by atoms with E-state index in [1.165, 1.54) is 12.1 Å². The first-order valence-corrected chi connectivity index (χ1v) is 4.07. The number of alkyl halides is 2. The second kappa shape index (κ2) is 3.97. The van der Waals surface area contributed by atoms with Gasteiger partial charge in [-0.25, -0.2) is 4.39 Å². The molecule has 0 spiro atoms. The highest BCUT2D eigenvalue weighted by atomic mass is 127. The molecular formula is C7H4F3IO. The third-order valence-corrected chi connectivity index (χ3v) is 1.78. The Morgan fingerprint density at radius 3 is 2.58 bits per heavy atom. The van der Waals surface area contributed by atoms with E-state index in [2.05, 4.69) is 4.74 Å². The first kappa shape index (κ1) is 9.63. The van der Waals surface area contributed by atoms with Crippen molar-refractivity contribution in [3.8, 4) is 5.75 Å². The van der Waals surface area contributed by atoms with Crippen LogP contribution in [0.2, 0.25) is 0 Å². The van der Waals surface area contributed by atoms with E-state index < -0.39 is 18.2 Å². The van der Waals surface area contributed by atoms with Gasteiger partial charge in [-0.15, -0.1) is 0 Å². The van der Waals surface area contributed by atoms with Crippen LogP contribution in [0.1, 0.15) is 0 Å². The molecule has 1 nitrogen and oxygen atoms in total. The van der Waals surface area contributed by atoms with Crippen molar-refractivity contribution in [2.24, 2.45) is 0 Å². The van der Waals surface area contributed by atoms with Crippen LogP contribution in [0.15, 0.2) is 18.2 Å². The van der Waals surface area contributed by atoms with Crippen molar-refractivity contribution in [1.29, 1.82) is 0 Å². The van der Waals surface area contributed by atoms with Crippen molar-refractivity contribution in [2.75, 3.05) is 0 Å². The maximum absolute atomic E-state index is 12.7. The molecular weight excluding hydrogens is 284 g/mol. The van der Waals surface area contributed by atoms with E-state index in [9.17, 15) is 13.2 Å². The zero-order chi connectivity index (χ0) is 9.14. The van der Waals surface area contributed by atoms with Crippen LogP contribution in [0.4, 0.5) is 13.2 Å². The number of hydrogen-bond donors (Lipinski definition) is 0. The summed E-state index contributed by atoms with van der Waals surface area (Å²) in [5.74, 6) is -1.20. The van der Waals surface area contributed by atoms with Crippen molar-refractivity contribution >= 4 is 22.6 Å². The van der Waals surface area contributed by atoms with Crippen LogP contribution >= 0.6 is 22.6 Å². The van der Waals surface area contributed by atoms with E-state index in [0.717, 1.165) is 6.07 Å². The average molecular weight is 288 g/mol. The molecule has 5 heteroatoms. The molecule has 0 aromatic heterocycles. The van der Waals surface area contributed by atoms with Crippen LogP contribution in [-0.4, -0.2) is 6.61 Å². The average Bonchev–Trinajstić information content (AvgIpc) is 1.96. The summed E-state index contributed by atoms with van der Waals surface area (Å²) in [5.41, 5.74) is 0. The fourth-order valence-corrected chi connectivity index (χ4v) is 1.13. The fraction of sp³-hybridized carbons (Fsp3) is 0.143. The van der Waals surface area contributed by atoms with E-state index in [1.54, 1.807) is 0 Å². The second-order valence-electron chi connectivity index (χ2n) is 1.95. The normalized spacial score (nSPS) is 10.4. The Kier molecular flexibility index (Phi) is 3.19. The molecule has 0 bridgehead atoms. The van der Waals surface area contributed by atoms with Gasteiger partial charge in [0, 0.05) is 3.57 Å². The molecule has 12 heavy (non-hydrogen) atoms. The molecule has 0 fully saturated rings. The van der Waals surface area contributed by atoms with E-state index >= 15 is 0 Å². The molecule has 0 saturated heterocycles. The molecule has 0 aliphatic carbocycles. The molecule has 1 aromatic carbocycles. The van der Waals surface area contributed by atoms with Crippen molar-refractivity contribution in [3.05, 3.63) is 27.6 Å². The maximum Gasteiger partial charge on any atom is 0.387 e. The quantitative estimate of drug-likeness (QED) is 0.760. The molecule has 0 aliphatic rings. The minimum absolute atomic E-state index is 0.420. The first-order valence-electron chi connectivity index (χ1n) is 2.99. The zero-order valence-electron chi connectivity index (χ0n) is 5.73. The highest BCUT2D eigenvalue weighted by Crippen LogP contribution is 2.21. The predicted octanol–water partition coefficient (Wildman–Crippen LogP) is 3.03. The van der Waals surface area contributed by atoms with Gasteiger partial charge < -0.3 is 4.74 Å². The van der Waals surface area contributed by atoms with Gasteiger partial charge in [-0.05, 0) is 40.8 Å². The molecule has 1 rings (SSSR count). The van der Waals surface area contributed by atoms with Crippen molar-refractivity contribution in [2.45, 2.75) is 6.61 Å². The van der Waals surface area contributed by atoms with Gasteiger partial charge >= 0.3 is 6.61 Å². The third kappa shape index (κ3) is 2.54. The van der Waals surface area contributed by atoms with E-state index in [1.807, 2.05) is 22.6 Å². The Morgan fingerprint density at radius 2 is 2.00 bits per heavy atom. The molecule has 0 saturated carbocycles. The van der Waals surface area contributed by atoms with Crippen LogP contribution in [0, 0.1) is 9.39 Å². The Bertz CT molecular complexity index is 277. The second-order valence-corrected chi connectivity index (χ2v) is 3.20. The molecule has 0 amide bonds. The van der Waals surface area contributed by atoms with Gasteiger partial charge in [0.2, 0.25) is 0 Å². The standard InChI is InChI=1S/C7H4F3IO/c8-5-2-1-4(11)3-6(5)12-7(9)10/h1-3,7H. The predicted molar refractivity (Wildman–Crippen MR) is 45.7 cm³/mol. The Balaban J connectivity index is 2.90. The van der Waals surface area contributed by atoms with Gasteiger partial charge in [-0.1, -0.05) is 0 Å². The van der Waals surface area contributed by atoms with Gasteiger partial charge in [0.05, 0.1) is 0 Å². The zero-order valence-corrected chi connectivity index (χ0v) is 7.89. The van der Waals surface area contributed by atoms with E-state index in [4.69, 9.17) is 0 Å². The number of halogens is 4. The van der Waals surface area contributed by atoms with Crippen molar-refractivity contribution < 1.29 is 17.9 Å². The highest BCUT2D eigenvalue weighted by molar-refractivity contribution is 14.1. The number of hydrogen-bond acceptors (Lipinski definition) is 1. The van der Waals surface area contributed by atoms with Gasteiger partial charge in [0.1, 0.15) is 0 Å². The minimum Gasteiger partial charge on any atom is -0.432 e. The van der Waals surface area contributed by atoms with Gasteiger partial charge in [-0.3, -0.25) is 0 Å². The Hall–Kier alpha value is -0.460. The maximum atomic E-state index is 12.7. The minimum atomic E-state index is -2.99. The summed E-state index contributed by atoms with van der Waals surface area (Å²) in [5, 5.41) is 0. The number of ether oxygens (including phenoxy) is 1. The molecule has 0 N–H and O–H groups in total. The lowest BCUT2D eigenvalue weighted by molar-refractivity contribution is -0.0522. The summed E-state index contributed by atoms with van der Waals surface area (Å²) in [4.78, 5) is 0. The summed E-state index contributed by atoms with van der Waals surface area (Å²) >= 11 is 1.88. The molecule has 66 valence electrons. The smallest absolute Gasteiger partial charge is 0.387 e. The first-order chi connectivity index (χ1) is 5.59. The van der Waals surface area contributed by atoms with Crippen LogP contribution in [0.5, 0.6) is 5.75 Å². The largest absolute Gasteiger partial charge is 0.432 e. The highest BCUT2D eigenvalue weighted by Gasteiger charge is 2.09. The Morgan fingerprint density at radius 1 is 1.33 bits per heavy atom. The topological polar surface area (TPSA) is 9.23 Å². The molecule has 0 radical (unpaired) electrons. The van der Waals surface area contributed by atoms with Gasteiger partial charge in [0.15, 0.2) is 11.6 Å². The molecule has 0 heterocycles. The summed E-state index contributed by atoms with van der Waals surface area (Å²) < 4.78 is 40.5. The monoisotopic (exact) mass is 288 g/mol. The van der Waals surface area contributed by atoms with E-state index in [-0.39, 0.29) is 0 Å². The SMILES string of the molecule is Fc1ccc(I)cc1OC(F)F. The van der Waals surface area contributed by atoms with Gasteiger partial charge in [0.25, 0.3) is 0 Å². The summed E-state index contributed by atoms with van der Waals surface area (Å²) in [7, 11) is 0. The molecule has 0 unspecified atom stereocenters. The molecule has 0 atom stereocenters. The van der Waals surface area contributed by atoms with Crippen LogP contribution in [-0.2, 0) is 0 Å². The third-order valence-electron chi connectivity index (χ3n) is 1.11. The summed E-state index contributed by atoms with van der Waals surface area (Å²) in [6.45, 7) is -2.99. The van der Waals surface area contributed by atoms with E-state index in [0.29, 0.717) is 3.57 Å². The molecule has 0 aliphatic heterocycles. The fourth-order valence-electron chi connectivity index (χ4n) is 0.663. The van der Waals surface area contributed by atoms with Crippen LogP contribution in [0.3, 0.4) is 0 Å². The lowest BCUT2D eigenvalue weighted by Gasteiger charge is -2.04. The van der Waals surface area contributed by atoms with Crippen LogP contribution < -0.4 is 4.74 Å². The number of benzene rings is 1. The lowest BCUT2D eigenvalue weighted by Crippen LogP contribution is -2.03. The van der Waals surface area contributed by atoms with Gasteiger partial charge in [-0.2, -0.15) is 8.78 Å². The lowest BCUT2D eigenvalue weighted by atomic mass is 10.3. The van der Waals surface area contributed by atoms with Crippen molar-refractivity contribution in [3.63, 3.8) is 0 Å². The molecule has 1 aromatic rings. The van der Waals surface area contributed by atoms with Crippen molar-refractivity contribution in [1.82, 2.24) is 0 Å². The van der Waals surface area contributed by atoms with Crippen LogP contribution in [0.25, 0.3) is 0 Å². The summed E-state index contributed by atoms with van der Waals surface area (Å²) in [6.07, 6.45) is 0.